The molecule has 0 atom stereocenters. The molecule has 1 N–H and O–H groups in total. The molecule has 0 aromatic heterocycles. The van der Waals surface area contributed by atoms with E-state index >= 15 is 0 Å². The van der Waals surface area contributed by atoms with E-state index in [2.05, 4.69) is 18.3 Å². The number of hydrogen-bond acceptors (Lipinski definition) is 3. The van der Waals surface area contributed by atoms with Crippen molar-refractivity contribution in [3.05, 3.63) is 23.3 Å². The lowest BCUT2D eigenvalue weighted by Crippen LogP contribution is -2.26. The lowest BCUT2D eigenvalue weighted by atomic mass is 9.88. The van der Waals surface area contributed by atoms with Gasteiger partial charge in [-0.3, -0.25) is 0 Å². The molecule has 0 aliphatic carbocycles. The molecule has 0 amide bonds. The maximum absolute atomic E-state index is 5.55. The third-order valence-corrected chi connectivity index (χ3v) is 3.50. The van der Waals surface area contributed by atoms with E-state index in [0.717, 1.165) is 30.2 Å². The summed E-state index contributed by atoms with van der Waals surface area (Å²) in [5.41, 5.74) is 2.45. The van der Waals surface area contributed by atoms with Crippen LogP contribution in [-0.2, 0) is 0 Å². The van der Waals surface area contributed by atoms with Gasteiger partial charge in [-0.25, -0.2) is 0 Å². The highest BCUT2D eigenvalue weighted by Gasteiger charge is 2.21. The molecule has 1 heterocycles. The number of aryl methyl sites for hydroxylation is 1. The van der Waals surface area contributed by atoms with E-state index in [9.17, 15) is 0 Å². The van der Waals surface area contributed by atoms with E-state index < -0.39 is 0 Å². The predicted molar refractivity (Wildman–Crippen MR) is 69.1 cm³/mol. The van der Waals surface area contributed by atoms with Crippen molar-refractivity contribution in [3.63, 3.8) is 0 Å². The van der Waals surface area contributed by atoms with Crippen molar-refractivity contribution < 1.29 is 9.47 Å². The second-order valence-corrected chi connectivity index (χ2v) is 4.59. The largest absolute Gasteiger partial charge is 0.497 e. The van der Waals surface area contributed by atoms with Crippen molar-refractivity contribution >= 4 is 0 Å². The Morgan fingerprint density at radius 3 is 2.41 bits per heavy atom. The number of piperidine rings is 1. The number of ether oxygens (including phenoxy) is 2. The molecule has 1 aliphatic heterocycles. The third kappa shape index (κ3) is 2.55. The summed E-state index contributed by atoms with van der Waals surface area (Å²) in [6, 6.07) is 4.16. The van der Waals surface area contributed by atoms with E-state index in [4.69, 9.17) is 9.47 Å². The number of nitrogens with one attached hydrogen (secondary N) is 1. The van der Waals surface area contributed by atoms with Crippen LogP contribution in [0.5, 0.6) is 11.5 Å². The Bertz CT molecular complexity index is 384. The van der Waals surface area contributed by atoms with Crippen LogP contribution in [0.25, 0.3) is 0 Å². The summed E-state index contributed by atoms with van der Waals surface area (Å²) >= 11 is 0. The van der Waals surface area contributed by atoms with E-state index in [1.807, 2.05) is 6.07 Å². The molecule has 1 fully saturated rings. The van der Waals surface area contributed by atoms with Gasteiger partial charge in [0.05, 0.1) is 14.2 Å². The highest BCUT2D eigenvalue weighted by Crippen LogP contribution is 2.37. The summed E-state index contributed by atoms with van der Waals surface area (Å²) in [6.45, 7) is 4.25. The monoisotopic (exact) mass is 235 g/mol. The van der Waals surface area contributed by atoms with Gasteiger partial charge in [0.25, 0.3) is 0 Å². The smallest absolute Gasteiger partial charge is 0.125 e. The molecule has 1 aromatic rings. The minimum atomic E-state index is 0.583. The van der Waals surface area contributed by atoms with Crippen molar-refractivity contribution in [2.45, 2.75) is 25.7 Å². The van der Waals surface area contributed by atoms with Crippen molar-refractivity contribution in [2.24, 2.45) is 0 Å². The van der Waals surface area contributed by atoms with Gasteiger partial charge >= 0.3 is 0 Å². The Labute approximate surface area is 103 Å². The quantitative estimate of drug-likeness (QED) is 0.873. The van der Waals surface area contributed by atoms with Crippen LogP contribution in [0.15, 0.2) is 12.1 Å². The highest BCUT2D eigenvalue weighted by atomic mass is 16.5. The van der Waals surface area contributed by atoms with Crippen LogP contribution in [0.2, 0.25) is 0 Å². The first kappa shape index (κ1) is 12.2. The van der Waals surface area contributed by atoms with Crippen molar-refractivity contribution in [2.75, 3.05) is 27.3 Å². The highest BCUT2D eigenvalue weighted by molar-refractivity contribution is 5.48. The van der Waals surface area contributed by atoms with E-state index in [1.54, 1.807) is 14.2 Å². The molecule has 94 valence electrons. The van der Waals surface area contributed by atoms with Crippen LogP contribution in [0, 0.1) is 6.92 Å². The molecule has 0 saturated carbocycles. The second-order valence-electron chi connectivity index (χ2n) is 4.59. The summed E-state index contributed by atoms with van der Waals surface area (Å²) in [4.78, 5) is 0. The fourth-order valence-corrected chi connectivity index (χ4v) is 2.60. The van der Waals surface area contributed by atoms with Gasteiger partial charge in [-0.05, 0) is 56.5 Å². The minimum Gasteiger partial charge on any atom is -0.497 e. The number of methoxy groups -OCH3 is 2. The van der Waals surface area contributed by atoms with Crippen LogP contribution in [0.3, 0.4) is 0 Å². The summed E-state index contributed by atoms with van der Waals surface area (Å²) in [5, 5.41) is 3.39. The van der Waals surface area contributed by atoms with Crippen LogP contribution in [-0.4, -0.2) is 27.3 Å². The molecule has 0 spiro atoms. The van der Waals surface area contributed by atoms with Gasteiger partial charge in [0.15, 0.2) is 0 Å². The number of benzene rings is 1. The Morgan fingerprint density at radius 2 is 1.82 bits per heavy atom. The van der Waals surface area contributed by atoms with Crippen molar-refractivity contribution in [1.82, 2.24) is 5.32 Å². The van der Waals surface area contributed by atoms with Gasteiger partial charge in [0, 0.05) is 5.56 Å². The zero-order valence-electron chi connectivity index (χ0n) is 10.9. The first-order chi connectivity index (χ1) is 8.26. The molecule has 3 nitrogen and oxygen atoms in total. The Balaban J connectivity index is 2.38. The van der Waals surface area contributed by atoms with E-state index in [-0.39, 0.29) is 0 Å². The van der Waals surface area contributed by atoms with E-state index in [0.29, 0.717) is 5.92 Å². The minimum absolute atomic E-state index is 0.583. The van der Waals surface area contributed by atoms with Gasteiger partial charge in [0.2, 0.25) is 0 Å². The normalized spacial score (nSPS) is 16.9. The van der Waals surface area contributed by atoms with Gasteiger partial charge in [-0.2, -0.15) is 0 Å². The number of hydrogen-bond donors (Lipinski definition) is 1. The summed E-state index contributed by atoms with van der Waals surface area (Å²) in [6.07, 6.45) is 2.34. The van der Waals surface area contributed by atoms with Gasteiger partial charge in [-0.15, -0.1) is 0 Å². The molecule has 3 heteroatoms. The molecule has 1 aliphatic rings. The Morgan fingerprint density at radius 1 is 1.12 bits per heavy atom. The molecular weight excluding hydrogens is 214 g/mol. The first-order valence-corrected chi connectivity index (χ1v) is 6.19. The maximum Gasteiger partial charge on any atom is 0.125 e. The fourth-order valence-electron chi connectivity index (χ4n) is 2.60. The first-order valence-electron chi connectivity index (χ1n) is 6.19. The summed E-state index contributed by atoms with van der Waals surface area (Å²) in [5.74, 6) is 2.54. The average Bonchev–Trinajstić information content (AvgIpc) is 2.38. The predicted octanol–water partition coefficient (Wildman–Crippen LogP) is 2.48. The molecule has 0 bridgehead atoms. The number of rotatable bonds is 3. The van der Waals surface area contributed by atoms with Crippen molar-refractivity contribution in [1.29, 1.82) is 0 Å². The Kier molecular flexibility index (Phi) is 3.89. The third-order valence-electron chi connectivity index (χ3n) is 3.50. The molecule has 17 heavy (non-hydrogen) atoms. The topological polar surface area (TPSA) is 30.5 Å². The molecule has 0 radical (unpaired) electrons. The van der Waals surface area contributed by atoms with Gasteiger partial charge in [0.1, 0.15) is 11.5 Å². The molecule has 1 saturated heterocycles. The van der Waals surface area contributed by atoms with E-state index in [1.165, 1.54) is 18.4 Å². The van der Waals surface area contributed by atoms with Gasteiger partial charge < -0.3 is 14.8 Å². The van der Waals surface area contributed by atoms with Crippen LogP contribution in [0.1, 0.15) is 29.9 Å². The standard InChI is InChI=1S/C14H21NO2/c1-10-8-12(16-2)9-13(14(10)17-3)11-4-6-15-7-5-11/h8-9,11,15H,4-7H2,1-3H3. The lowest BCUT2D eigenvalue weighted by Gasteiger charge is -2.25. The lowest BCUT2D eigenvalue weighted by molar-refractivity contribution is 0.380. The second kappa shape index (κ2) is 5.41. The summed E-state index contributed by atoms with van der Waals surface area (Å²) < 4.78 is 10.9. The average molecular weight is 235 g/mol. The molecular formula is C14H21NO2. The molecule has 2 rings (SSSR count). The fraction of sp³-hybridized carbons (Fsp3) is 0.571. The van der Waals surface area contributed by atoms with Crippen molar-refractivity contribution in [3.8, 4) is 11.5 Å². The summed E-state index contributed by atoms with van der Waals surface area (Å²) in [7, 11) is 3.47. The van der Waals surface area contributed by atoms with Crippen LogP contribution in [0.4, 0.5) is 0 Å². The van der Waals surface area contributed by atoms with Crippen LogP contribution < -0.4 is 14.8 Å². The Hall–Kier alpha value is -1.22. The SMILES string of the molecule is COc1cc(C)c(OC)c(C2CCNCC2)c1. The molecule has 1 aromatic carbocycles. The zero-order valence-corrected chi connectivity index (χ0v) is 10.9. The van der Waals surface area contributed by atoms with Gasteiger partial charge in [-0.1, -0.05) is 0 Å². The maximum atomic E-state index is 5.55. The molecule has 0 unspecified atom stereocenters. The van der Waals surface area contributed by atoms with Crippen LogP contribution >= 0.6 is 0 Å². The zero-order chi connectivity index (χ0) is 12.3.